The normalized spacial score (nSPS) is 10.2. The number of esters is 1. The minimum absolute atomic E-state index is 0.0587. The van der Waals surface area contributed by atoms with E-state index < -0.39 is 12.6 Å². The fourth-order valence-electron chi connectivity index (χ4n) is 0.874. The van der Waals surface area contributed by atoms with Crippen LogP contribution in [0.4, 0.5) is 8.78 Å². The topological polar surface area (TPSA) is 61.3 Å². The van der Waals surface area contributed by atoms with Crippen molar-refractivity contribution in [1.82, 2.24) is 9.97 Å². The van der Waals surface area contributed by atoms with Crippen LogP contribution in [0.25, 0.3) is 0 Å². The van der Waals surface area contributed by atoms with Gasteiger partial charge in [-0.25, -0.2) is 14.8 Å². The Kier molecular flexibility index (Phi) is 3.48. The number of nitrogens with zero attached hydrogens (tertiary/aromatic N) is 2. The van der Waals surface area contributed by atoms with E-state index in [-0.39, 0.29) is 17.3 Å². The smallest absolute Gasteiger partial charge is 0.388 e. The van der Waals surface area contributed by atoms with E-state index in [1.165, 1.54) is 14.0 Å². The lowest BCUT2D eigenvalue weighted by molar-refractivity contribution is -0.0536. The molecule has 0 bridgehead atoms. The zero-order valence-electron chi connectivity index (χ0n) is 8.03. The average Bonchev–Trinajstić information content (AvgIpc) is 2.19. The molecule has 0 saturated carbocycles. The van der Waals surface area contributed by atoms with Crippen molar-refractivity contribution in [2.45, 2.75) is 13.5 Å². The lowest BCUT2D eigenvalue weighted by Crippen LogP contribution is -2.10. The van der Waals surface area contributed by atoms with Gasteiger partial charge < -0.3 is 9.47 Å². The Morgan fingerprint density at radius 2 is 2.20 bits per heavy atom. The Labute approximate surface area is 84.1 Å². The number of hydrogen-bond acceptors (Lipinski definition) is 5. The number of aromatic nitrogens is 2. The molecule has 0 saturated heterocycles. The van der Waals surface area contributed by atoms with Crippen LogP contribution in [0.5, 0.6) is 5.88 Å². The van der Waals surface area contributed by atoms with E-state index in [1.807, 2.05) is 0 Å². The Morgan fingerprint density at radius 3 is 2.67 bits per heavy atom. The third-order valence-corrected chi connectivity index (χ3v) is 1.50. The second kappa shape index (κ2) is 4.63. The molecule has 0 amide bonds. The van der Waals surface area contributed by atoms with Gasteiger partial charge in [-0.2, -0.15) is 8.78 Å². The molecule has 0 aliphatic heterocycles. The van der Waals surface area contributed by atoms with Crippen molar-refractivity contribution in [3.05, 3.63) is 17.6 Å². The molecule has 0 aliphatic rings. The molecule has 1 rings (SSSR count). The summed E-state index contributed by atoms with van der Waals surface area (Å²) < 4.78 is 32.1. The van der Waals surface area contributed by atoms with E-state index >= 15 is 0 Å². The van der Waals surface area contributed by atoms with Crippen LogP contribution in [0, 0.1) is 6.92 Å². The maximum absolute atomic E-state index is 11.8. The molecule has 82 valence electrons. The first-order chi connectivity index (χ1) is 7.04. The van der Waals surface area contributed by atoms with Crippen molar-refractivity contribution in [3.8, 4) is 5.88 Å². The number of carbonyl (C=O) groups is 1. The molecule has 1 aromatic rings. The number of carbonyl (C=O) groups excluding carboxylic acids is 1. The van der Waals surface area contributed by atoms with Crippen molar-refractivity contribution in [2.75, 3.05) is 7.11 Å². The van der Waals surface area contributed by atoms with Gasteiger partial charge in [-0.3, -0.25) is 0 Å². The number of hydrogen-bond donors (Lipinski definition) is 0. The number of aryl methyl sites for hydroxylation is 1. The summed E-state index contributed by atoms with van der Waals surface area (Å²) in [6, 6.07) is 0. The first-order valence-electron chi connectivity index (χ1n) is 3.91. The molecule has 1 aromatic heterocycles. The van der Waals surface area contributed by atoms with Gasteiger partial charge in [0.25, 0.3) is 0 Å². The number of ether oxygens (including phenoxy) is 2. The van der Waals surface area contributed by atoms with Crippen LogP contribution in [0.3, 0.4) is 0 Å². The van der Waals surface area contributed by atoms with Crippen LogP contribution in [0.1, 0.15) is 16.2 Å². The highest BCUT2D eigenvalue weighted by atomic mass is 19.3. The first-order valence-corrected chi connectivity index (χ1v) is 3.91. The fraction of sp³-hybridized carbons (Fsp3) is 0.375. The molecule has 0 aliphatic carbocycles. The quantitative estimate of drug-likeness (QED) is 0.712. The Morgan fingerprint density at radius 1 is 1.53 bits per heavy atom. The van der Waals surface area contributed by atoms with Gasteiger partial charge in [0.05, 0.1) is 13.3 Å². The largest absolute Gasteiger partial charge is 0.464 e. The van der Waals surface area contributed by atoms with Crippen molar-refractivity contribution in [2.24, 2.45) is 0 Å². The highest BCUT2D eigenvalue weighted by Crippen LogP contribution is 2.14. The van der Waals surface area contributed by atoms with Crippen LogP contribution >= 0.6 is 0 Å². The van der Waals surface area contributed by atoms with E-state index in [9.17, 15) is 13.6 Å². The van der Waals surface area contributed by atoms with Gasteiger partial charge in [-0.05, 0) is 6.92 Å². The predicted molar refractivity (Wildman–Crippen MR) is 44.7 cm³/mol. The van der Waals surface area contributed by atoms with Gasteiger partial charge in [-0.1, -0.05) is 0 Å². The number of rotatable bonds is 3. The summed E-state index contributed by atoms with van der Waals surface area (Å²) in [7, 11) is 1.18. The molecule has 7 heteroatoms. The summed E-state index contributed by atoms with van der Waals surface area (Å²) in [5, 5.41) is 0. The van der Waals surface area contributed by atoms with Crippen LogP contribution < -0.4 is 4.74 Å². The van der Waals surface area contributed by atoms with Gasteiger partial charge in [-0.15, -0.1) is 0 Å². The standard InChI is InChI=1S/C8H8F2N2O3/c1-4-6(15-8(9)10)11-3-5(12-4)7(13)14-2/h3,8H,1-2H3. The number of methoxy groups -OCH3 is 1. The highest BCUT2D eigenvalue weighted by molar-refractivity contribution is 5.86. The molecule has 0 spiro atoms. The first kappa shape index (κ1) is 11.3. The van der Waals surface area contributed by atoms with E-state index in [1.54, 1.807) is 0 Å². The van der Waals surface area contributed by atoms with Gasteiger partial charge in [0, 0.05) is 0 Å². The number of alkyl halides is 2. The third kappa shape index (κ3) is 2.83. The highest BCUT2D eigenvalue weighted by Gasteiger charge is 2.13. The van der Waals surface area contributed by atoms with Gasteiger partial charge in [0.1, 0.15) is 5.69 Å². The van der Waals surface area contributed by atoms with E-state index in [2.05, 4.69) is 19.4 Å². The third-order valence-electron chi connectivity index (χ3n) is 1.50. The molecule has 0 unspecified atom stereocenters. The molecule has 0 atom stereocenters. The molecular weight excluding hydrogens is 210 g/mol. The Bertz CT molecular complexity index is 371. The number of halogens is 2. The summed E-state index contributed by atoms with van der Waals surface area (Å²) >= 11 is 0. The minimum Gasteiger partial charge on any atom is -0.464 e. The predicted octanol–water partition coefficient (Wildman–Crippen LogP) is 1.17. The van der Waals surface area contributed by atoms with Gasteiger partial charge in [0.2, 0.25) is 5.88 Å². The van der Waals surface area contributed by atoms with E-state index in [0.29, 0.717) is 0 Å². The lowest BCUT2D eigenvalue weighted by Gasteiger charge is -2.06. The summed E-state index contributed by atoms with van der Waals surface area (Å²) in [5.74, 6) is -0.994. The second-order valence-electron chi connectivity index (χ2n) is 2.52. The molecule has 1 heterocycles. The molecule has 5 nitrogen and oxygen atoms in total. The van der Waals surface area contributed by atoms with Crippen LogP contribution in [-0.2, 0) is 4.74 Å². The Hall–Kier alpha value is -1.79. The summed E-state index contributed by atoms with van der Waals surface area (Å²) in [6.07, 6.45) is 1.01. The lowest BCUT2D eigenvalue weighted by atomic mass is 10.4. The molecule has 0 aromatic carbocycles. The molecule has 0 fully saturated rings. The average molecular weight is 218 g/mol. The van der Waals surface area contributed by atoms with E-state index in [0.717, 1.165) is 6.20 Å². The Balaban J connectivity index is 2.93. The van der Waals surface area contributed by atoms with Crippen LogP contribution in [-0.4, -0.2) is 29.7 Å². The SMILES string of the molecule is COC(=O)c1cnc(OC(F)F)c(C)n1. The van der Waals surface area contributed by atoms with E-state index in [4.69, 9.17) is 0 Å². The molecule has 0 N–H and O–H groups in total. The van der Waals surface area contributed by atoms with Crippen molar-refractivity contribution >= 4 is 5.97 Å². The molecular formula is C8H8F2N2O3. The van der Waals surface area contributed by atoms with Crippen molar-refractivity contribution < 1.29 is 23.0 Å². The minimum atomic E-state index is -2.97. The summed E-state index contributed by atoms with van der Waals surface area (Å²) in [6.45, 7) is -1.57. The monoisotopic (exact) mass is 218 g/mol. The second-order valence-corrected chi connectivity index (χ2v) is 2.52. The maximum atomic E-state index is 11.8. The summed E-state index contributed by atoms with van der Waals surface area (Å²) in [5.41, 5.74) is 0.0369. The van der Waals surface area contributed by atoms with Crippen molar-refractivity contribution in [1.29, 1.82) is 0 Å². The maximum Gasteiger partial charge on any atom is 0.388 e. The van der Waals surface area contributed by atoms with Gasteiger partial charge >= 0.3 is 12.6 Å². The zero-order chi connectivity index (χ0) is 11.4. The molecule has 0 radical (unpaired) electrons. The molecule has 15 heavy (non-hydrogen) atoms. The van der Waals surface area contributed by atoms with Gasteiger partial charge in [0.15, 0.2) is 5.69 Å². The van der Waals surface area contributed by atoms with Crippen LogP contribution in [0.2, 0.25) is 0 Å². The zero-order valence-corrected chi connectivity index (χ0v) is 8.03. The van der Waals surface area contributed by atoms with Crippen LogP contribution in [0.15, 0.2) is 6.20 Å². The van der Waals surface area contributed by atoms with Crippen molar-refractivity contribution in [3.63, 3.8) is 0 Å². The summed E-state index contributed by atoms with van der Waals surface area (Å²) in [4.78, 5) is 18.2. The fourth-order valence-corrected chi connectivity index (χ4v) is 0.874.